The zero-order valence-electron chi connectivity index (χ0n) is 8.83. The molecule has 3 heteroatoms. The van der Waals surface area contributed by atoms with E-state index in [0.717, 1.165) is 25.3 Å². The monoisotopic (exact) mass is 191 g/mol. The number of nitrogens with zero attached hydrogens (tertiary/aromatic N) is 2. The standard InChI is InChI=1S/C11H17N3/c1-9-7-11(3-4-12-9)14-6-5-13-10(2)8-14/h3-4,7,10,13H,5-6,8H2,1-2H3/t10-/m0/s1. The average Bonchev–Trinajstić information content (AvgIpc) is 2.18. The molecular weight excluding hydrogens is 174 g/mol. The Morgan fingerprint density at radius 3 is 3.14 bits per heavy atom. The number of nitrogens with one attached hydrogen (secondary N) is 1. The lowest BCUT2D eigenvalue weighted by Gasteiger charge is -2.33. The maximum absolute atomic E-state index is 4.21. The minimum atomic E-state index is 0.581. The summed E-state index contributed by atoms with van der Waals surface area (Å²) in [6.07, 6.45) is 1.89. The molecule has 14 heavy (non-hydrogen) atoms. The van der Waals surface area contributed by atoms with Crippen molar-refractivity contribution < 1.29 is 0 Å². The van der Waals surface area contributed by atoms with Crippen LogP contribution in [0.2, 0.25) is 0 Å². The summed E-state index contributed by atoms with van der Waals surface area (Å²) in [7, 11) is 0. The van der Waals surface area contributed by atoms with Gasteiger partial charge in [-0.2, -0.15) is 0 Å². The first-order chi connectivity index (χ1) is 6.75. The molecule has 1 N–H and O–H groups in total. The first kappa shape index (κ1) is 9.46. The van der Waals surface area contributed by atoms with Gasteiger partial charge in [0, 0.05) is 43.3 Å². The number of hydrogen-bond acceptors (Lipinski definition) is 3. The summed E-state index contributed by atoms with van der Waals surface area (Å²) in [5.41, 5.74) is 2.39. The van der Waals surface area contributed by atoms with Crippen LogP contribution in [0.15, 0.2) is 18.3 Å². The Kier molecular flexibility index (Phi) is 2.68. The highest BCUT2D eigenvalue weighted by Crippen LogP contribution is 2.15. The molecule has 1 fully saturated rings. The van der Waals surface area contributed by atoms with E-state index in [4.69, 9.17) is 0 Å². The molecule has 0 amide bonds. The summed E-state index contributed by atoms with van der Waals surface area (Å²) in [5.74, 6) is 0. The Bertz CT molecular complexity index is 311. The first-order valence-corrected chi connectivity index (χ1v) is 5.17. The molecular formula is C11H17N3. The number of anilines is 1. The Morgan fingerprint density at radius 2 is 2.43 bits per heavy atom. The molecule has 0 radical (unpaired) electrons. The average molecular weight is 191 g/mol. The fourth-order valence-corrected chi connectivity index (χ4v) is 1.89. The molecule has 1 aromatic rings. The van der Waals surface area contributed by atoms with Gasteiger partial charge in [-0.3, -0.25) is 4.98 Å². The number of piperazine rings is 1. The number of pyridine rings is 1. The Hall–Kier alpha value is -1.09. The van der Waals surface area contributed by atoms with Gasteiger partial charge in [-0.25, -0.2) is 0 Å². The summed E-state index contributed by atoms with van der Waals surface area (Å²) < 4.78 is 0. The summed E-state index contributed by atoms with van der Waals surface area (Å²) in [6.45, 7) is 7.51. The molecule has 1 aliphatic heterocycles. The molecule has 76 valence electrons. The lowest BCUT2D eigenvalue weighted by molar-refractivity contribution is 0.484. The van der Waals surface area contributed by atoms with Gasteiger partial charge in [-0.1, -0.05) is 0 Å². The van der Waals surface area contributed by atoms with Crippen molar-refractivity contribution in [3.63, 3.8) is 0 Å². The second-order valence-electron chi connectivity index (χ2n) is 3.96. The maximum Gasteiger partial charge on any atom is 0.0400 e. The van der Waals surface area contributed by atoms with Gasteiger partial charge in [-0.15, -0.1) is 0 Å². The Labute approximate surface area is 85.1 Å². The van der Waals surface area contributed by atoms with E-state index in [-0.39, 0.29) is 0 Å². The van der Waals surface area contributed by atoms with E-state index >= 15 is 0 Å². The minimum absolute atomic E-state index is 0.581. The summed E-state index contributed by atoms with van der Waals surface area (Å²) in [6, 6.07) is 4.82. The molecule has 0 saturated carbocycles. The van der Waals surface area contributed by atoms with Crippen molar-refractivity contribution >= 4 is 5.69 Å². The molecule has 1 atom stereocenters. The molecule has 1 saturated heterocycles. The Morgan fingerprint density at radius 1 is 1.57 bits per heavy atom. The fourth-order valence-electron chi connectivity index (χ4n) is 1.89. The molecule has 0 unspecified atom stereocenters. The van der Waals surface area contributed by atoms with Crippen LogP contribution < -0.4 is 10.2 Å². The first-order valence-electron chi connectivity index (χ1n) is 5.17. The molecule has 0 aliphatic carbocycles. The molecule has 0 bridgehead atoms. The van der Waals surface area contributed by atoms with Crippen molar-refractivity contribution in [1.29, 1.82) is 0 Å². The van der Waals surface area contributed by atoms with E-state index < -0.39 is 0 Å². The minimum Gasteiger partial charge on any atom is -0.369 e. The van der Waals surface area contributed by atoms with Crippen LogP contribution in [0.3, 0.4) is 0 Å². The van der Waals surface area contributed by atoms with Crippen LogP contribution in [0.4, 0.5) is 5.69 Å². The highest BCUT2D eigenvalue weighted by Gasteiger charge is 2.15. The van der Waals surface area contributed by atoms with Crippen LogP contribution in [-0.2, 0) is 0 Å². The highest BCUT2D eigenvalue weighted by molar-refractivity contribution is 5.47. The molecule has 0 aromatic carbocycles. The largest absolute Gasteiger partial charge is 0.369 e. The van der Waals surface area contributed by atoms with Crippen LogP contribution in [-0.4, -0.2) is 30.7 Å². The number of rotatable bonds is 1. The zero-order chi connectivity index (χ0) is 9.97. The van der Waals surface area contributed by atoms with Gasteiger partial charge < -0.3 is 10.2 Å². The van der Waals surface area contributed by atoms with Crippen LogP contribution >= 0.6 is 0 Å². The van der Waals surface area contributed by atoms with E-state index in [1.165, 1.54) is 5.69 Å². The van der Waals surface area contributed by atoms with Gasteiger partial charge >= 0.3 is 0 Å². The molecule has 2 rings (SSSR count). The van der Waals surface area contributed by atoms with Crippen molar-refractivity contribution in [3.05, 3.63) is 24.0 Å². The van der Waals surface area contributed by atoms with Gasteiger partial charge in [-0.05, 0) is 26.0 Å². The predicted molar refractivity (Wildman–Crippen MR) is 58.7 cm³/mol. The van der Waals surface area contributed by atoms with Gasteiger partial charge in [0.15, 0.2) is 0 Å². The summed E-state index contributed by atoms with van der Waals surface area (Å²) in [4.78, 5) is 6.62. The smallest absolute Gasteiger partial charge is 0.0400 e. The normalized spacial score (nSPS) is 22.4. The van der Waals surface area contributed by atoms with Crippen molar-refractivity contribution in [2.75, 3.05) is 24.5 Å². The molecule has 1 aromatic heterocycles. The van der Waals surface area contributed by atoms with Crippen LogP contribution in [0.25, 0.3) is 0 Å². The highest BCUT2D eigenvalue weighted by atomic mass is 15.2. The van der Waals surface area contributed by atoms with E-state index in [1.807, 2.05) is 13.1 Å². The third kappa shape index (κ3) is 2.04. The maximum atomic E-state index is 4.21. The number of aryl methyl sites for hydroxylation is 1. The van der Waals surface area contributed by atoms with E-state index in [2.05, 4.69) is 34.3 Å². The molecule has 1 aliphatic rings. The Balaban J connectivity index is 2.14. The summed E-state index contributed by atoms with van der Waals surface area (Å²) in [5, 5.41) is 3.44. The van der Waals surface area contributed by atoms with Crippen molar-refractivity contribution in [2.24, 2.45) is 0 Å². The van der Waals surface area contributed by atoms with Crippen molar-refractivity contribution in [2.45, 2.75) is 19.9 Å². The molecule has 3 nitrogen and oxygen atoms in total. The second-order valence-corrected chi connectivity index (χ2v) is 3.96. The number of aromatic nitrogens is 1. The SMILES string of the molecule is Cc1cc(N2CCN[C@@H](C)C2)ccn1. The van der Waals surface area contributed by atoms with Crippen molar-refractivity contribution in [3.8, 4) is 0 Å². The van der Waals surface area contributed by atoms with Crippen LogP contribution in [0.5, 0.6) is 0 Å². The molecule has 2 heterocycles. The predicted octanol–water partition coefficient (Wildman–Crippen LogP) is 1.19. The molecule has 0 spiro atoms. The van der Waals surface area contributed by atoms with Gasteiger partial charge in [0.05, 0.1) is 0 Å². The van der Waals surface area contributed by atoms with Gasteiger partial charge in [0.1, 0.15) is 0 Å². The third-order valence-corrected chi connectivity index (χ3v) is 2.61. The van der Waals surface area contributed by atoms with Crippen LogP contribution in [0, 0.1) is 6.92 Å². The topological polar surface area (TPSA) is 28.2 Å². The quantitative estimate of drug-likeness (QED) is 0.722. The lowest BCUT2D eigenvalue weighted by atomic mass is 10.2. The van der Waals surface area contributed by atoms with E-state index in [1.54, 1.807) is 0 Å². The van der Waals surface area contributed by atoms with Crippen LogP contribution in [0.1, 0.15) is 12.6 Å². The van der Waals surface area contributed by atoms with Gasteiger partial charge in [0.2, 0.25) is 0 Å². The van der Waals surface area contributed by atoms with E-state index in [0.29, 0.717) is 6.04 Å². The number of hydrogen-bond donors (Lipinski definition) is 1. The van der Waals surface area contributed by atoms with Crippen molar-refractivity contribution in [1.82, 2.24) is 10.3 Å². The summed E-state index contributed by atoms with van der Waals surface area (Å²) >= 11 is 0. The van der Waals surface area contributed by atoms with Gasteiger partial charge in [0.25, 0.3) is 0 Å². The fraction of sp³-hybridized carbons (Fsp3) is 0.545. The second kappa shape index (κ2) is 3.96. The third-order valence-electron chi connectivity index (χ3n) is 2.61. The lowest BCUT2D eigenvalue weighted by Crippen LogP contribution is -2.49. The van der Waals surface area contributed by atoms with E-state index in [9.17, 15) is 0 Å². The zero-order valence-corrected chi connectivity index (χ0v) is 8.83.